The summed E-state index contributed by atoms with van der Waals surface area (Å²) in [6, 6.07) is 0.785. The van der Waals surface area contributed by atoms with Crippen molar-refractivity contribution in [2.75, 3.05) is 18.6 Å². The molecule has 106 valence electrons. The van der Waals surface area contributed by atoms with E-state index in [9.17, 15) is 0 Å². The maximum atomic E-state index is 3.65. The lowest BCUT2D eigenvalue weighted by Gasteiger charge is -2.38. The zero-order valence-corrected chi connectivity index (χ0v) is 13.3. The van der Waals surface area contributed by atoms with Gasteiger partial charge in [0.2, 0.25) is 0 Å². The molecule has 0 spiro atoms. The van der Waals surface area contributed by atoms with E-state index in [0.29, 0.717) is 0 Å². The fourth-order valence-corrected chi connectivity index (χ4v) is 5.05. The minimum absolute atomic E-state index is 0.785. The summed E-state index contributed by atoms with van der Waals surface area (Å²) in [4.78, 5) is 0. The zero-order valence-electron chi connectivity index (χ0n) is 12.5. The molecule has 0 radical (unpaired) electrons. The van der Waals surface area contributed by atoms with Crippen molar-refractivity contribution in [3.63, 3.8) is 0 Å². The summed E-state index contributed by atoms with van der Waals surface area (Å²) < 4.78 is 0. The first-order valence-corrected chi connectivity index (χ1v) is 9.11. The molecule has 1 saturated carbocycles. The van der Waals surface area contributed by atoms with Crippen molar-refractivity contribution in [2.24, 2.45) is 23.7 Å². The summed E-state index contributed by atoms with van der Waals surface area (Å²) in [5.41, 5.74) is 0. The van der Waals surface area contributed by atoms with Crippen LogP contribution in [0.3, 0.4) is 0 Å². The number of rotatable bonds is 4. The molecule has 2 heteroatoms. The van der Waals surface area contributed by atoms with Crippen molar-refractivity contribution >= 4 is 11.8 Å². The van der Waals surface area contributed by atoms with Gasteiger partial charge in [0, 0.05) is 6.04 Å². The van der Waals surface area contributed by atoms with Crippen molar-refractivity contribution in [2.45, 2.75) is 58.4 Å². The van der Waals surface area contributed by atoms with Gasteiger partial charge in [-0.25, -0.2) is 0 Å². The molecule has 1 heterocycles. The quantitative estimate of drug-likeness (QED) is 0.821. The van der Waals surface area contributed by atoms with Crippen molar-refractivity contribution in [1.82, 2.24) is 5.32 Å². The first-order chi connectivity index (χ1) is 8.70. The smallest absolute Gasteiger partial charge is 0.00950 e. The van der Waals surface area contributed by atoms with Crippen LogP contribution in [0.15, 0.2) is 0 Å². The Kier molecular flexibility index (Phi) is 5.88. The molecule has 1 aliphatic carbocycles. The van der Waals surface area contributed by atoms with Gasteiger partial charge < -0.3 is 5.32 Å². The molecule has 4 atom stereocenters. The molecule has 1 saturated heterocycles. The van der Waals surface area contributed by atoms with Crippen LogP contribution in [0.1, 0.15) is 52.4 Å². The Morgan fingerprint density at radius 2 is 1.78 bits per heavy atom. The highest BCUT2D eigenvalue weighted by molar-refractivity contribution is 7.99. The highest BCUT2D eigenvalue weighted by Crippen LogP contribution is 2.37. The van der Waals surface area contributed by atoms with E-state index < -0.39 is 0 Å². The van der Waals surface area contributed by atoms with Crippen LogP contribution < -0.4 is 5.32 Å². The predicted molar refractivity (Wildman–Crippen MR) is 83.2 cm³/mol. The van der Waals surface area contributed by atoms with Crippen LogP contribution in [0.2, 0.25) is 0 Å². The lowest BCUT2D eigenvalue weighted by molar-refractivity contribution is 0.159. The maximum Gasteiger partial charge on any atom is 0.00950 e. The Morgan fingerprint density at radius 1 is 1.06 bits per heavy atom. The van der Waals surface area contributed by atoms with Crippen molar-refractivity contribution < 1.29 is 0 Å². The van der Waals surface area contributed by atoms with Crippen LogP contribution in [-0.2, 0) is 0 Å². The lowest BCUT2D eigenvalue weighted by atomic mass is 9.71. The molecule has 0 aromatic carbocycles. The molecule has 1 N–H and O–H groups in total. The molecule has 2 aliphatic rings. The second-order valence-corrected chi connectivity index (χ2v) is 7.94. The van der Waals surface area contributed by atoms with Crippen molar-refractivity contribution in [1.29, 1.82) is 0 Å². The summed E-state index contributed by atoms with van der Waals surface area (Å²) in [7, 11) is 2.19. The Balaban J connectivity index is 1.83. The van der Waals surface area contributed by atoms with Crippen LogP contribution >= 0.6 is 11.8 Å². The first kappa shape index (κ1) is 14.7. The Labute approximate surface area is 118 Å². The number of hydrogen-bond acceptors (Lipinski definition) is 2. The van der Waals surface area contributed by atoms with Gasteiger partial charge in [-0.15, -0.1) is 0 Å². The molecule has 1 nitrogen and oxygen atoms in total. The fraction of sp³-hybridized carbons (Fsp3) is 1.00. The Bertz CT molecular complexity index is 237. The van der Waals surface area contributed by atoms with E-state index in [1.54, 1.807) is 0 Å². The topological polar surface area (TPSA) is 12.0 Å². The van der Waals surface area contributed by atoms with E-state index in [-0.39, 0.29) is 0 Å². The van der Waals surface area contributed by atoms with Crippen LogP contribution in [0, 0.1) is 23.7 Å². The van der Waals surface area contributed by atoms with Gasteiger partial charge in [0.15, 0.2) is 0 Å². The molecule has 1 aliphatic heterocycles. The Hall–Kier alpha value is 0.310. The first-order valence-electron chi connectivity index (χ1n) is 7.95. The van der Waals surface area contributed by atoms with Gasteiger partial charge in [-0.3, -0.25) is 0 Å². The largest absolute Gasteiger partial charge is 0.317 e. The standard InChI is InChI=1S/C16H31NS/c1-12-4-5-15(10-13(12)2)16(17-3)11-14-6-8-18-9-7-14/h12-17H,4-11H2,1-3H3. The van der Waals surface area contributed by atoms with E-state index >= 15 is 0 Å². The predicted octanol–water partition coefficient (Wildman–Crippen LogP) is 4.18. The molecule has 2 rings (SSSR count). The molecule has 4 unspecified atom stereocenters. The average molecular weight is 269 g/mol. The van der Waals surface area contributed by atoms with Gasteiger partial charge in [-0.2, -0.15) is 11.8 Å². The molecular weight excluding hydrogens is 238 g/mol. The SMILES string of the molecule is CNC(CC1CCSCC1)C1CCC(C)C(C)C1. The van der Waals surface area contributed by atoms with E-state index in [4.69, 9.17) is 0 Å². The van der Waals surface area contributed by atoms with Crippen LogP contribution in [-0.4, -0.2) is 24.6 Å². The molecule has 0 amide bonds. The minimum Gasteiger partial charge on any atom is -0.317 e. The monoisotopic (exact) mass is 269 g/mol. The van der Waals surface area contributed by atoms with Gasteiger partial charge in [0.05, 0.1) is 0 Å². The highest BCUT2D eigenvalue weighted by Gasteiger charge is 2.31. The summed E-state index contributed by atoms with van der Waals surface area (Å²) in [6.07, 6.45) is 8.71. The van der Waals surface area contributed by atoms with Crippen molar-refractivity contribution in [3.8, 4) is 0 Å². The normalized spacial score (nSPS) is 36.5. The average Bonchev–Trinajstić information content (AvgIpc) is 2.40. The lowest BCUT2D eigenvalue weighted by Crippen LogP contribution is -2.39. The van der Waals surface area contributed by atoms with E-state index in [1.807, 2.05) is 0 Å². The summed E-state index contributed by atoms with van der Waals surface area (Å²) in [6.45, 7) is 4.90. The van der Waals surface area contributed by atoms with E-state index in [0.717, 1.165) is 29.7 Å². The van der Waals surface area contributed by atoms with Gasteiger partial charge in [-0.05, 0) is 74.3 Å². The van der Waals surface area contributed by atoms with E-state index in [1.165, 1.54) is 50.0 Å². The Morgan fingerprint density at radius 3 is 2.39 bits per heavy atom. The molecular formula is C16H31NS. The third-order valence-electron chi connectivity index (χ3n) is 5.51. The third-order valence-corrected chi connectivity index (χ3v) is 6.56. The highest BCUT2D eigenvalue weighted by atomic mass is 32.2. The number of hydrogen-bond donors (Lipinski definition) is 1. The number of nitrogens with one attached hydrogen (secondary N) is 1. The van der Waals surface area contributed by atoms with Gasteiger partial charge >= 0.3 is 0 Å². The molecule has 0 bridgehead atoms. The van der Waals surface area contributed by atoms with Gasteiger partial charge in [0.1, 0.15) is 0 Å². The summed E-state index contributed by atoms with van der Waals surface area (Å²) in [5, 5.41) is 3.65. The van der Waals surface area contributed by atoms with Crippen molar-refractivity contribution in [3.05, 3.63) is 0 Å². The van der Waals surface area contributed by atoms with Crippen LogP contribution in [0.5, 0.6) is 0 Å². The van der Waals surface area contributed by atoms with Crippen LogP contribution in [0.25, 0.3) is 0 Å². The molecule has 18 heavy (non-hydrogen) atoms. The second kappa shape index (κ2) is 7.19. The zero-order chi connectivity index (χ0) is 13.0. The summed E-state index contributed by atoms with van der Waals surface area (Å²) >= 11 is 2.15. The van der Waals surface area contributed by atoms with Gasteiger partial charge in [-0.1, -0.05) is 20.3 Å². The third kappa shape index (κ3) is 3.90. The minimum atomic E-state index is 0.785. The maximum absolute atomic E-state index is 3.65. The van der Waals surface area contributed by atoms with E-state index in [2.05, 4.69) is 38.0 Å². The second-order valence-electron chi connectivity index (χ2n) is 6.71. The number of thioether (sulfide) groups is 1. The molecule has 0 aromatic heterocycles. The fourth-order valence-electron chi connectivity index (χ4n) is 3.84. The molecule has 2 fully saturated rings. The molecule has 0 aromatic rings. The van der Waals surface area contributed by atoms with Gasteiger partial charge in [0.25, 0.3) is 0 Å². The summed E-state index contributed by atoms with van der Waals surface area (Å²) in [5.74, 6) is 6.62. The van der Waals surface area contributed by atoms with Crippen LogP contribution in [0.4, 0.5) is 0 Å².